The molecule has 2 nitrogen and oxygen atoms in total. The third-order valence-electron chi connectivity index (χ3n) is 1.92. The van der Waals surface area contributed by atoms with Crippen molar-refractivity contribution in [1.82, 2.24) is 0 Å². The number of rotatable bonds is 0. The van der Waals surface area contributed by atoms with E-state index >= 15 is 0 Å². The van der Waals surface area contributed by atoms with Gasteiger partial charge in [0.05, 0.1) is 0 Å². The number of fused-ring (bicyclic) bond motifs is 1. The summed E-state index contributed by atoms with van der Waals surface area (Å²) in [6.45, 7) is 0. The van der Waals surface area contributed by atoms with Gasteiger partial charge in [-0.05, 0) is 29.0 Å². The van der Waals surface area contributed by atoms with E-state index in [2.05, 4.69) is 15.9 Å². The lowest BCUT2D eigenvalue weighted by Crippen LogP contribution is -1.75. The highest BCUT2D eigenvalue weighted by Crippen LogP contribution is 2.33. The van der Waals surface area contributed by atoms with Crippen LogP contribution in [0.2, 0.25) is 0 Å². The van der Waals surface area contributed by atoms with E-state index < -0.39 is 0 Å². The first-order valence-electron chi connectivity index (χ1n) is 3.78. The van der Waals surface area contributed by atoms with Gasteiger partial charge in [-0.1, -0.05) is 28.1 Å². The highest BCUT2D eigenvalue weighted by atomic mass is 79.9. The Hall–Kier alpha value is -1.22. The SMILES string of the molecule is Oc1cc2cccc(Br)c2cc1O. The van der Waals surface area contributed by atoms with Crippen molar-refractivity contribution in [2.75, 3.05) is 0 Å². The Kier molecular flexibility index (Phi) is 1.88. The average Bonchev–Trinajstić information content (AvgIpc) is 2.09. The lowest BCUT2D eigenvalue weighted by atomic mass is 10.1. The molecule has 0 heterocycles. The summed E-state index contributed by atoms with van der Waals surface area (Å²) in [7, 11) is 0. The highest BCUT2D eigenvalue weighted by Gasteiger charge is 2.03. The molecule has 0 spiro atoms. The zero-order chi connectivity index (χ0) is 9.42. The molecule has 0 aliphatic rings. The van der Waals surface area contributed by atoms with Gasteiger partial charge in [0.25, 0.3) is 0 Å². The first-order chi connectivity index (χ1) is 6.18. The zero-order valence-corrected chi connectivity index (χ0v) is 8.25. The highest BCUT2D eigenvalue weighted by molar-refractivity contribution is 9.10. The van der Waals surface area contributed by atoms with Crippen LogP contribution >= 0.6 is 15.9 Å². The standard InChI is InChI=1S/C10H7BrO2/c11-8-3-1-2-6-4-9(12)10(13)5-7(6)8/h1-5,12-13H. The molecular formula is C10H7BrO2. The second-order valence-corrected chi connectivity index (χ2v) is 3.66. The Balaban J connectivity index is 2.89. The van der Waals surface area contributed by atoms with Crippen LogP contribution in [0.4, 0.5) is 0 Å². The molecule has 0 aliphatic heterocycles. The van der Waals surface area contributed by atoms with Gasteiger partial charge >= 0.3 is 0 Å². The van der Waals surface area contributed by atoms with Crippen LogP contribution < -0.4 is 0 Å². The number of phenols is 2. The van der Waals surface area contributed by atoms with Crippen LogP contribution in [0.1, 0.15) is 0 Å². The van der Waals surface area contributed by atoms with Gasteiger partial charge < -0.3 is 10.2 Å². The van der Waals surface area contributed by atoms with Crippen LogP contribution in [0.15, 0.2) is 34.8 Å². The Morgan fingerprint density at radius 1 is 1.00 bits per heavy atom. The quantitative estimate of drug-likeness (QED) is 0.693. The molecule has 66 valence electrons. The molecule has 2 N–H and O–H groups in total. The van der Waals surface area contributed by atoms with Crippen molar-refractivity contribution in [2.45, 2.75) is 0 Å². The van der Waals surface area contributed by atoms with Crippen molar-refractivity contribution >= 4 is 26.7 Å². The number of phenolic OH excluding ortho intramolecular Hbond substituents is 2. The summed E-state index contributed by atoms with van der Waals surface area (Å²) < 4.78 is 0.903. The Labute approximate surface area is 83.6 Å². The van der Waals surface area contributed by atoms with Crippen LogP contribution in [-0.2, 0) is 0 Å². The third-order valence-corrected chi connectivity index (χ3v) is 2.61. The lowest BCUT2D eigenvalue weighted by Gasteiger charge is -2.02. The minimum absolute atomic E-state index is 0.0920. The van der Waals surface area contributed by atoms with Crippen molar-refractivity contribution in [3.05, 3.63) is 34.8 Å². The third kappa shape index (κ3) is 1.35. The summed E-state index contributed by atoms with van der Waals surface area (Å²) in [6.07, 6.45) is 0. The number of hydrogen-bond acceptors (Lipinski definition) is 2. The lowest BCUT2D eigenvalue weighted by molar-refractivity contribution is 0.405. The van der Waals surface area contributed by atoms with Gasteiger partial charge in [-0.15, -0.1) is 0 Å². The van der Waals surface area contributed by atoms with E-state index in [1.807, 2.05) is 18.2 Å². The van der Waals surface area contributed by atoms with Gasteiger partial charge in [0.15, 0.2) is 11.5 Å². The van der Waals surface area contributed by atoms with Crippen LogP contribution in [0.5, 0.6) is 11.5 Å². The minimum atomic E-state index is -0.0978. The average molecular weight is 239 g/mol. The van der Waals surface area contributed by atoms with E-state index in [-0.39, 0.29) is 11.5 Å². The largest absolute Gasteiger partial charge is 0.504 e. The van der Waals surface area contributed by atoms with E-state index in [0.717, 1.165) is 15.2 Å². The van der Waals surface area contributed by atoms with Crippen molar-refractivity contribution in [3.63, 3.8) is 0 Å². The van der Waals surface area contributed by atoms with Crippen LogP contribution in [0.25, 0.3) is 10.8 Å². The molecule has 0 unspecified atom stereocenters. The number of aromatic hydroxyl groups is 2. The molecule has 13 heavy (non-hydrogen) atoms. The molecule has 0 fully saturated rings. The second kappa shape index (κ2) is 2.92. The molecule has 2 rings (SSSR count). The normalized spacial score (nSPS) is 10.5. The maximum atomic E-state index is 9.27. The topological polar surface area (TPSA) is 40.5 Å². The van der Waals surface area contributed by atoms with Crippen LogP contribution in [-0.4, -0.2) is 10.2 Å². The minimum Gasteiger partial charge on any atom is -0.504 e. The predicted molar refractivity (Wildman–Crippen MR) is 55.0 cm³/mol. The molecule has 2 aromatic rings. The van der Waals surface area contributed by atoms with Gasteiger partial charge in [0.1, 0.15) is 0 Å². The van der Waals surface area contributed by atoms with Gasteiger partial charge in [0, 0.05) is 4.47 Å². The maximum absolute atomic E-state index is 9.27. The predicted octanol–water partition coefficient (Wildman–Crippen LogP) is 3.01. The fourth-order valence-corrected chi connectivity index (χ4v) is 1.76. The summed E-state index contributed by atoms with van der Waals surface area (Å²) >= 11 is 3.36. The number of hydrogen-bond donors (Lipinski definition) is 2. The molecule has 3 heteroatoms. The Morgan fingerprint density at radius 2 is 1.69 bits per heavy atom. The molecule has 0 bridgehead atoms. The molecule has 0 aliphatic carbocycles. The van der Waals surface area contributed by atoms with E-state index in [4.69, 9.17) is 0 Å². The first kappa shape index (κ1) is 8.38. The molecule has 0 saturated carbocycles. The fourth-order valence-electron chi connectivity index (χ4n) is 1.26. The van der Waals surface area contributed by atoms with Gasteiger partial charge in [-0.3, -0.25) is 0 Å². The molecule has 0 amide bonds. The van der Waals surface area contributed by atoms with E-state index in [1.54, 1.807) is 0 Å². The Morgan fingerprint density at radius 3 is 2.46 bits per heavy atom. The first-order valence-corrected chi connectivity index (χ1v) is 4.58. The summed E-state index contributed by atoms with van der Waals surface area (Å²) in [5, 5.41) is 20.3. The fraction of sp³-hybridized carbons (Fsp3) is 0. The summed E-state index contributed by atoms with van der Waals surface area (Å²) in [5.74, 6) is -0.190. The maximum Gasteiger partial charge on any atom is 0.158 e. The van der Waals surface area contributed by atoms with Crippen molar-refractivity contribution in [3.8, 4) is 11.5 Å². The molecular weight excluding hydrogens is 232 g/mol. The van der Waals surface area contributed by atoms with Gasteiger partial charge in [0.2, 0.25) is 0 Å². The monoisotopic (exact) mass is 238 g/mol. The smallest absolute Gasteiger partial charge is 0.158 e. The molecule has 0 aromatic heterocycles. The zero-order valence-electron chi connectivity index (χ0n) is 6.66. The van der Waals surface area contributed by atoms with Gasteiger partial charge in [-0.25, -0.2) is 0 Å². The molecule has 0 saturated heterocycles. The molecule has 0 atom stereocenters. The Bertz CT molecular complexity index is 466. The van der Waals surface area contributed by atoms with Crippen LogP contribution in [0, 0.1) is 0 Å². The van der Waals surface area contributed by atoms with E-state index in [9.17, 15) is 10.2 Å². The summed E-state index contributed by atoms with van der Waals surface area (Å²) in [5.41, 5.74) is 0. The second-order valence-electron chi connectivity index (χ2n) is 2.80. The molecule has 2 aromatic carbocycles. The number of halogens is 1. The van der Waals surface area contributed by atoms with E-state index in [0.29, 0.717) is 0 Å². The van der Waals surface area contributed by atoms with Crippen molar-refractivity contribution in [2.24, 2.45) is 0 Å². The summed E-state index contributed by atoms with van der Waals surface area (Å²) in [6, 6.07) is 8.71. The summed E-state index contributed by atoms with van der Waals surface area (Å²) in [4.78, 5) is 0. The van der Waals surface area contributed by atoms with E-state index in [1.165, 1.54) is 12.1 Å². The van der Waals surface area contributed by atoms with Gasteiger partial charge in [-0.2, -0.15) is 0 Å². The van der Waals surface area contributed by atoms with Crippen LogP contribution in [0.3, 0.4) is 0 Å². The van der Waals surface area contributed by atoms with Crippen molar-refractivity contribution < 1.29 is 10.2 Å². The van der Waals surface area contributed by atoms with Crippen molar-refractivity contribution in [1.29, 1.82) is 0 Å². The number of benzene rings is 2. The molecule has 0 radical (unpaired) electrons.